The minimum Gasteiger partial charge on any atom is -0.457 e. The fraction of sp³-hybridized carbons (Fsp3) is 0.333. The monoisotopic (exact) mass is 412 g/mol. The predicted octanol–water partition coefficient (Wildman–Crippen LogP) is 1.84. The van der Waals surface area contributed by atoms with Crippen LogP contribution in [0.5, 0.6) is 11.5 Å². The summed E-state index contributed by atoms with van der Waals surface area (Å²) in [6.45, 7) is 5.78. The van der Waals surface area contributed by atoms with Gasteiger partial charge in [-0.05, 0) is 61.6 Å². The first kappa shape index (κ1) is 21.7. The van der Waals surface area contributed by atoms with E-state index in [2.05, 4.69) is 10.6 Å². The van der Waals surface area contributed by atoms with E-state index in [1.165, 1.54) is 0 Å². The fourth-order valence-electron chi connectivity index (χ4n) is 2.81. The van der Waals surface area contributed by atoms with Gasteiger partial charge in [-0.1, -0.05) is 18.2 Å². The summed E-state index contributed by atoms with van der Waals surface area (Å²) in [5.74, 6) is 0.987. The van der Waals surface area contributed by atoms with Gasteiger partial charge < -0.3 is 29.8 Å². The highest BCUT2D eigenvalue weighted by atomic mass is 16.6. The van der Waals surface area contributed by atoms with Crippen molar-refractivity contribution < 1.29 is 28.7 Å². The molecule has 158 valence electrons. The highest BCUT2D eigenvalue weighted by Crippen LogP contribution is 2.24. The summed E-state index contributed by atoms with van der Waals surface area (Å²) < 4.78 is 16.1. The molecular weight excluding hydrogens is 387 g/mol. The molecule has 30 heavy (non-hydrogen) atoms. The molecule has 1 aliphatic rings. The van der Waals surface area contributed by atoms with E-state index < -0.39 is 18.8 Å². The van der Waals surface area contributed by atoms with Gasteiger partial charge in [0.15, 0.2) is 0 Å². The first-order valence-electron chi connectivity index (χ1n) is 9.62. The Morgan fingerprint density at radius 1 is 1.10 bits per heavy atom. The number of carbonyl (C=O) groups is 2. The van der Waals surface area contributed by atoms with Crippen LogP contribution in [0, 0.1) is 0 Å². The number of ether oxygens (including phenoxy) is 2. The molecule has 0 aromatic heterocycles. The second kappa shape index (κ2) is 9.19. The Bertz CT molecular complexity index is 911. The van der Waals surface area contributed by atoms with Crippen molar-refractivity contribution in [2.75, 3.05) is 6.54 Å². The van der Waals surface area contributed by atoms with Crippen molar-refractivity contribution in [3.63, 3.8) is 0 Å². The molecule has 2 aromatic rings. The average molecular weight is 412 g/mol. The van der Waals surface area contributed by atoms with Crippen LogP contribution in [0.3, 0.4) is 0 Å². The molecule has 3 rings (SSSR count). The smallest absolute Gasteiger partial charge is 0.457 e. The fourth-order valence-corrected chi connectivity index (χ4v) is 2.81. The van der Waals surface area contributed by atoms with Gasteiger partial charge in [-0.15, -0.1) is 0 Å². The SMILES string of the molecule is CC(C)(C)OC(=O)NCC(=O)NCc1ccc(Oc2ccc3c(c2)COB3O)cc1. The van der Waals surface area contributed by atoms with E-state index in [1.807, 2.05) is 18.2 Å². The zero-order chi connectivity index (χ0) is 21.7. The standard InChI is InChI=1S/C21H25BN2O6/c1-21(2,3)30-20(26)24-12-19(25)23-11-14-4-6-16(7-5-14)29-17-8-9-18-15(10-17)13-28-22(18)27/h4-10,27H,11-13H2,1-3H3,(H,23,25)(H,24,26). The van der Waals surface area contributed by atoms with Crippen LogP contribution < -0.4 is 20.8 Å². The van der Waals surface area contributed by atoms with E-state index in [-0.39, 0.29) is 12.5 Å². The summed E-state index contributed by atoms with van der Waals surface area (Å²) in [5, 5.41) is 14.8. The number of nitrogens with one attached hydrogen (secondary N) is 2. The highest BCUT2D eigenvalue weighted by Gasteiger charge is 2.27. The van der Waals surface area contributed by atoms with Crippen molar-refractivity contribution in [2.45, 2.75) is 39.5 Å². The Hall–Kier alpha value is -3.04. The summed E-state index contributed by atoms with van der Waals surface area (Å²) >= 11 is 0. The molecule has 0 atom stereocenters. The van der Waals surface area contributed by atoms with Gasteiger partial charge in [-0.25, -0.2) is 4.79 Å². The summed E-state index contributed by atoms with van der Waals surface area (Å²) in [6, 6.07) is 12.7. The lowest BCUT2D eigenvalue weighted by Crippen LogP contribution is -2.39. The number of amides is 2. The van der Waals surface area contributed by atoms with Crippen molar-refractivity contribution >= 4 is 24.6 Å². The maximum absolute atomic E-state index is 11.9. The maximum Gasteiger partial charge on any atom is 0.491 e. The first-order valence-corrected chi connectivity index (χ1v) is 9.62. The van der Waals surface area contributed by atoms with E-state index in [4.69, 9.17) is 14.1 Å². The molecule has 2 aromatic carbocycles. The van der Waals surface area contributed by atoms with Gasteiger partial charge >= 0.3 is 13.2 Å². The summed E-state index contributed by atoms with van der Waals surface area (Å²) in [4.78, 5) is 23.4. The second-order valence-electron chi connectivity index (χ2n) is 7.90. The molecule has 0 saturated heterocycles. The van der Waals surface area contributed by atoms with Crippen molar-refractivity contribution in [2.24, 2.45) is 0 Å². The lowest BCUT2D eigenvalue weighted by atomic mass is 9.80. The zero-order valence-corrected chi connectivity index (χ0v) is 17.2. The van der Waals surface area contributed by atoms with Crippen molar-refractivity contribution in [1.29, 1.82) is 0 Å². The molecule has 0 bridgehead atoms. The van der Waals surface area contributed by atoms with E-state index >= 15 is 0 Å². The average Bonchev–Trinajstić information content (AvgIpc) is 3.05. The van der Waals surface area contributed by atoms with Gasteiger partial charge in [0.2, 0.25) is 5.91 Å². The predicted molar refractivity (Wildman–Crippen MR) is 111 cm³/mol. The molecule has 3 N–H and O–H groups in total. The molecule has 0 fully saturated rings. The van der Waals surface area contributed by atoms with Crippen molar-refractivity contribution in [1.82, 2.24) is 10.6 Å². The minimum atomic E-state index is -0.872. The van der Waals surface area contributed by atoms with Crippen molar-refractivity contribution in [3.8, 4) is 11.5 Å². The van der Waals surface area contributed by atoms with Gasteiger partial charge in [0.1, 0.15) is 23.6 Å². The molecule has 0 radical (unpaired) electrons. The molecule has 0 spiro atoms. The molecule has 8 nitrogen and oxygen atoms in total. The summed E-state index contributed by atoms with van der Waals surface area (Å²) in [6.07, 6.45) is -0.633. The number of hydrogen-bond acceptors (Lipinski definition) is 6. The van der Waals surface area contributed by atoms with Crippen LogP contribution >= 0.6 is 0 Å². The molecule has 1 heterocycles. The molecule has 1 aliphatic heterocycles. The van der Waals surface area contributed by atoms with E-state index in [1.54, 1.807) is 45.0 Å². The van der Waals surface area contributed by atoms with E-state index in [0.717, 1.165) is 16.6 Å². The second-order valence-corrected chi connectivity index (χ2v) is 7.90. The summed E-state index contributed by atoms with van der Waals surface area (Å²) in [7, 11) is -0.872. The van der Waals surface area contributed by atoms with Gasteiger partial charge in [-0.2, -0.15) is 0 Å². The lowest BCUT2D eigenvalue weighted by molar-refractivity contribution is -0.120. The molecular formula is C21H25BN2O6. The van der Waals surface area contributed by atoms with Gasteiger partial charge in [0.05, 0.1) is 6.61 Å². The number of benzene rings is 2. The van der Waals surface area contributed by atoms with Crippen LogP contribution in [0.1, 0.15) is 31.9 Å². The molecule has 0 unspecified atom stereocenters. The van der Waals surface area contributed by atoms with Gasteiger partial charge in [0, 0.05) is 6.54 Å². The Morgan fingerprint density at radius 3 is 2.50 bits per heavy atom. The van der Waals surface area contributed by atoms with E-state index in [0.29, 0.717) is 24.7 Å². The lowest BCUT2D eigenvalue weighted by Gasteiger charge is -2.19. The zero-order valence-electron chi connectivity index (χ0n) is 17.2. The third-order valence-electron chi connectivity index (χ3n) is 4.22. The summed E-state index contributed by atoms with van der Waals surface area (Å²) in [5.41, 5.74) is 1.94. The third kappa shape index (κ3) is 6.23. The van der Waals surface area contributed by atoms with Crippen LogP contribution in [0.15, 0.2) is 42.5 Å². The quantitative estimate of drug-likeness (QED) is 0.626. The number of alkyl carbamates (subject to hydrolysis) is 1. The number of carbonyl (C=O) groups excluding carboxylic acids is 2. The Morgan fingerprint density at radius 2 is 1.80 bits per heavy atom. The molecule has 0 aliphatic carbocycles. The highest BCUT2D eigenvalue weighted by molar-refractivity contribution is 6.61. The third-order valence-corrected chi connectivity index (χ3v) is 4.22. The molecule has 2 amide bonds. The van der Waals surface area contributed by atoms with Gasteiger partial charge in [0.25, 0.3) is 0 Å². The van der Waals surface area contributed by atoms with Crippen molar-refractivity contribution in [3.05, 3.63) is 53.6 Å². The maximum atomic E-state index is 11.9. The Kier molecular flexibility index (Phi) is 6.64. The molecule has 0 saturated carbocycles. The first-order chi connectivity index (χ1) is 14.2. The topological polar surface area (TPSA) is 106 Å². The Balaban J connectivity index is 1.44. The van der Waals surface area contributed by atoms with Gasteiger partial charge in [-0.3, -0.25) is 4.79 Å². The number of hydrogen-bond donors (Lipinski definition) is 3. The van der Waals surface area contributed by atoms with Crippen LogP contribution in [0.25, 0.3) is 0 Å². The van der Waals surface area contributed by atoms with Crippen LogP contribution in [-0.4, -0.2) is 36.3 Å². The normalized spacial score (nSPS) is 12.9. The minimum absolute atomic E-state index is 0.160. The number of rotatable bonds is 6. The van der Waals surface area contributed by atoms with E-state index in [9.17, 15) is 14.6 Å². The largest absolute Gasteiger partial charge is 0.491 e. The van der Waals surface area contributed by atoms with Crippen LogP contribution in [-0.2, 0) is 27.3 Å². The van der Waals surface area contributed by atoms with Crippen LogP contribution in [0.4, 0.5) is 4.79 Å². The Labute approximate surface area is 175 Å². The number of fused-ring (bicyclic) bond motifs is 1. The van der Waals surface area contributed by atoms with Crippen LogP contribution in [0.2, 0.25) is 0 Å². The molecule has 9 heteroatoms.